The number of hydrogen-bond acceptors (Lipinski definition) is 6. The van der Waals surface area contributed by atoms with Crippen LogP contribution in [0.4, 0.5) is 5.13 Å². The molecule has 0 bridgehead atoms. The summed E-state index contributed by atoms with van der Waals surface area (Å²) in [4.78, 5) is 20.2. The summed E-state index contributed by atoms with van der Waals surface area (Å²) in [6.07, 6.45) is 1.55. The zero-order chi connectivity index (χ0) is 16.6. The van der Waals surface area contributed by atoms with Crippen LogP contribution in [0.25, 0.3) is 11.0 Å². The second kappa shape index (κ2) is 5.69. The number of carboxylic acids is 1. The molecule has 0 saturated carbocycles. The monoisotopic (exact) mass is 330 g/mol. The molecule has 0 aliphatic rings. The Balaban J connectivity index is 1.83. The maximum absolute atomic E-state index is 11.0. The van der Waals surface area contributed by atoms with E-state index in [4.69, 9.17) is 16.2 Å². The number of nitrogens with one attached hydrogen (secondary N) is 2. The molecule has 0 atom stereocenters. The van der Waals surface area contributed by atoms with E-state index in [1.807, 2.05) is 11.6 Å². The first-order valence-electron chi connectivity index (χ1n) is 6.68. The topological polar surface area (TPSA) is 130 Å². The number of nitrogens with two attached hydrogens (primary N) is 1. The van der Waals surface area contributed by atoms with E-state index in [-0.39, 0.29) is 11.4 Å². The van der Waals surface area contributed by atoms with E-state index < -0.39 is 5.97 Å². The summed E-state index contributed by atoms with van der Waals surface area (Å²) < 4.78 is 1.90. The SMILES string of the molecule is Cn1c(CNc2ncc(C(=N)N)s2)nc2cc(C(=O)O)ccc21. The van der Waals surface area contributed by atoms with Crippen molar-refractivity contribution in [1.82, 2.24) is 14.5 Å². The summed E-state index contributed by atoms with van der Waals surface area (Å²) in [7, 11) is 1.87. The van der Waals surface area contributed by atoms with Gasteiger partial charge in [0.15, 0.2) is 5.13 Å². The fraction of sp³-hybridized carbons (Fsp3) is 0.143. The number of thiazole rings is 1. The van der Waals surface area contributed by atoms with Gasteiger partial charge in [0.05, 0.1) is 34.2 Å². The molecule has 0 aliphatic carbocycles. The predicted molar refractivity (Wildman–Crippen MR) is 88.1 cm³/mol. The molecule has 1 aromatic carbocycles. The number of rotatable bonds is 5. The van der Waals surface area contributed by atoms with Crippen LogP contribution in [0.5, 0.6) is 0 Å². The highest BCUT2D eigenvalue weighted by atomic mass is 32.1. The third-order valence-electron chi connectivity index (χ3n) is 3.39. The van der Waals surface area contributed by atoms with Crippen LogP contribution < -0.4 is 11.1 Å². The number of anilines is 1. The van der Waals surface area contributed by atoms with Gasteiger partial charge in [-0.25, -0.2) is 14.8 Å². The number of carbonyl (C=O) groups is 1. The van der Waals surface area contributed by atoms with Gasteiger partial charge in [0.2, 0.25) is 0 Å². The van der Waals surface area contributed by atoms with Crippen LogP contribution in [0.2, 0.25) is 0 Å². The molecular weight excluding hydrogens is 316 g/mol. The Morgan fingerprint density at radius 1 is 1.52 bits per heavy atom. The van der Waals surface area contributed by atoms with Crippen molar-refractivity contribution in [3.63, 3.8) is 0 Å². The van der Waals surface area contributed by atoms with Crippen molar-refractivity contribution in [2.75, 3.05) is 5.32 Å². The van der Waals surface area contributed by atoms with Crippen LogP contribution >= 0.6 is 11.3 Å². The standard InChI is InChI=1S/C14H14N6O2S/c1-20-9-3-2-7(13(21)22)4-8(9)19-11(20)6-18-14-17-5-10(23-14)12(15)16/h2-5H,6H2,1H3,(H3,15,16)(H,17,18)(H,21,22). The molecule has 0 unspecified atom stereocenters. The van der Waals surface area contributed by atoms with Gasteiger partial charge in [-0.2, -0.15) is 0 Å². The van der Waals surface area contributed by atoms with Crippen molar-refractivity contribution in [3.05, 3.63) is 40.7 Å². The van der Waals surface area contributed by atoms with Crippen molar-refractivity contribution in [2.24, 2.45) is 12.8 Å². The number of aromatic nitrogens is 3. The lowest BCUT2D eigenvalue weighted by Crippen LogP contribution is -2.08. The first kappa shape index (κ1) is 15.0. The van der Waals surface area contributed by atoms with Crippen molar-refractivity contribution >= 4 is 39.3 Å². The lowest BCUT2D eigenvalue weighted by molar-refractivity contribution is 0.0697. The molecule has 5 N–H and O–H groups in total. The van der Waals surface area contributed by atoms with E-state index in [9.17, 15) is 4.79 Å². The average molecular weight is 330 g/mol. The minimum atomic E-state index is -0.975. The number of nitrogens with zero attached hydrogens (tertiary/aromatic N) is 3. The molecule has 0 radical (unpaired) electrons. The highest BCUT2D eigenvalue weighted by Gasteiger charge is 2.11. The molecule has 0 amide bonds. The second-order valence-corrected chi connectivity index (χ2v) is 5.92. The second-order valence-electron chi connectivity index (χ2n) is 4.89. The first-order chi connectivity index (χ1) is 11.0. The smallest absolute Gasteiger partial charge is 0.335 e. The molecular formula is C14H14N6O2S. The number of aromatic carboxylic acids is 1. The average Bonchev–Trinajstić information content (AvgIpc) is 3.10. The Kier molecular flexibility index (Phi) is 3.70. The zero-order valence-corrected chi connectivity index (χ0v) is 13.0. The van der Waals surface area contributed by atoms with Gasteiger partial charge < -0.3 is 20.7 Å². The normalized spacial score (nSPS) is 10.8. The minimum absolute atomic E-state index is 0.0144. The van der Waals surface area contributed by atoms with E-state index in [1.165, 1.54) is 11.3 Å². The number of amidine groups is 1. The predicted octanol–water partition coefficient (Wildman–Crippen LogP) is 1.62. The lowest BCUT2D eigenvalue weighted by Gasteiger charge is -2.03. The molecule has 2 aromatic heterocycles. The highest BCUT2D eigenvalue weighted by molar-refractivity contribution is 7.17. The van der Waals surface area contributed by atoms with Gasteiger partial charge in [0, 0.05) is 7.05 Å². The van der Waals surface area contributed by atoms with Crippen molar-refractivity contribution in [3.8, 4) is 0 Å². The van der Waals surface area contributed by atoms with Gasteiger partial charge >= 0.3 is 5.97 Å². The summed E-state index contributed by atoms with van der Waals surface area (Å²) in [5.74, 6) is -0.238. The maximum atomic E-state index is 11.0. The molecule has 3 rings (SSSR count). The fourth-order valence-corrected chi connectivity index (χ4v) is 2.85. The molecule has 0 saturated heterocycles. The van der Waals surface area contributed by atoms with Crippen LogP contribution in [0.15, 0.2) is 24.4 Å². The Hall–Kier alpha value is -2.94. The Morgan fingerprint density at radius 2 is 2.30 bits per heavy atom. The zero-order valence-electron chi connectivity index (χ0n) is 12.2. The molecule has 23 heavy (non-hydrogen) atoms. The summed E-state index contributed by atoms with van der Waals surface area (Å²) in [5, 5.41) is 20.2. The molecule has 3 aromatic rings. The number of fused-ring (bicyclic) bond motifs is 1. The molecule has 9 heteroatoms. The van der Waals surface area contributed by atoms with Crippen molar-refractivity contribution < 1.29 is 9.90 Å². The van der Waals surface area contributed by atoms with Crippen LogP contribution in [0, 0.1) is 5.41 Å². The van der Waals surface area contributed by atoms with E-state index >= 15 is 0 Å². The molecule has 0 fully saturated rings. The molecule has 0 spiro atoms. The Morgan fingerprint density at radius 3 is 2.96 bits per heavy atom. The minimum Gasteiger partial charge on any atom is -0.478 e. The summed E-state index contributed by atoms with van der Waals surface area (Å²) >= 11 is 1.29. The third kappa shape index (κ3) is 2.86. The van der Waals surface area contributed by atoms with E-state index in [0.29, 0.717) is 22.1 Å². The van der Waals surface area contributed by atoms with Crippen LogP contribution in [0.1, 0.15) is 21.1 Å². The quantitative estimate of drug-likeness (QED) is 0.415. The van der Waals surface area contributed by atoms with Crippen molar-refractivity contribution in [2.45, 2.75) is 6.54 Å². The van der Waals surface area contributed by atoms with Crippen LogP contribution in [0.3, 0.4) is 0 Å². The van der Waals surface area contributed by atoms with Gasteiger partial charge in [0.25, 0.3) is 0 Å². The van der Waals surface area contributed by atoms with Crippen LogP contribution in [-0.2, 0) is 13.6 Å². The van der Waals surface area contributed by atoms with E-state index in [0.717, 1.165) is 11.3 Å². The number of nitrogen functional groups attached to an aromatic ring is 1. The fourth-order valence-electron chi connectivity index (χ4n) is 2.18. The van der Waals surface area contributed by atoms with Gasteiger partial charge in [-0.1, -0.05) is 11.3 Å². The number of hydrogen-bond donors (Lipinski definition) is 4. The highest BCUT2D eigenvalue weighted by Crippen LogP contribution is 2.20. The number of aryl methyl sites for hydroxylation is 1. The summed E-state index contributed by atoms with van der Waals surface area (Å²) in [6.45, 7) is 0.429. The number of imidazole rings is 1. The lowest BCUT2D eigenvalue weighted by atomic mass is 10.2. The van der Waals surface area contributed by atoms with E-state index in [1.54, 1.807) is 24.4 Å². The Bertz CT molecular complexity index is 913. The summed E-state index contributed by atoms with van der Waals surface area (Å²) in [6, 6.07) is 4.86. The molecule has 8 nitrogen and oxygen atoms in total. The molecule has 2 heterocycles. The maximum Gasteiger partial charge on any atom is 0.335 e. The number of benzene rings is 1. The first-order valence-corrected chi connectivity index (χ1v) is 7.50. The summed E-state index contributed by atoms with van der Waals surface area (Å²) in [5.41, 5.74) is 7.11. The third-order valence-corrected chi connectivity index (χ3v) is 4.38. The van der Waals surface area contributed by atoms with Gasteiger partial charge in [0.1, 0.15) is 11.7 Å². The van der Waals surface area contributed by atoms with Gasteiger partial charge in [-0.05, 0) is 18.2 Å². The van der Waals surface area contributed by atoms with Gasteiger partial charge in [-0.15, -0.1) is 0 Å². The molecule has 118 valence electrons. The largest absolute Gasteiger partial charge is 0.478 e. The molecule has 0 aliphatic heterocycles. The van der Waals surface area contributed by atoms with E-state index in [2.05, 4.69) is 15.3 Å². The number of carboxylic acid groups (broad SMARTS) is 1. The Labute approximate surface area is 135 Å². The van der Waals surface area contributed by atoms with Crippen molar-refractivity contribution in [1.29, 1.82) is 5.41 Å². The van der Waals surface area contributed by atoms with Crippen LogP contribution in [-0.4, -0.2) is 31.4 Å². The van der Waals surface area contributed by atoms with Gasteiger partial charge in [-0.3, -0.25) is 5.41 Å².